The van der Waals surface area contributed by atoms with Gasteiger partial charge in [-0.1, -0.05) is 6.42 Å². The minimum Gasteiger partial charge on any atom is -0.228 e. The molecule has 0 spiro atoms. The number of alkyl halides is 5. The maximum Gasteiger partial charge on any atom is 0.458 e. The SMILES string of the molecule is O=S(=O)(Cc1ccc(C(F)(F)C(F)(F)F)s1)C1CCC1. The number of sulfone groups is 1. The Kier molecular flexibility index (Phi) is 3.87. The Morgan fingerprint density at radius 3 is 2.20 bits per heavy atom. The smallest absolute Gasteiger partial charge is 0.228 e. The summed E-state index contributed by atoms with van der Waals surface area (Å²) in [5.74, 6) is -5.42. The van der Waals surface area contributed by atoms with E-state index in [4.69, 9.17) is 0 Å². The highest BCUT2D eigenvalue weighted by Gasteiger charge is 2.59. The molecule has 20 heavy (non-hydrogen) atoms. The van der Waals surface area contributed by atoms with Gasteiger partial charge in [0.25, 0.3) is 0 Å². The molecule has 0 unspecified atom stereocenters. The van der Waals surface area contributed by atoms with Crippen LogP contribution in [-0.4, -0.2) is 19.8 Å². The molecule has 1 aromatic heterocycles. The van der Waals surface area contributed by atoms with Crippen LogP contribution in [0.3, 0.4) is 0 Å². The Hall–Kier alpha value is -0.700. The Morgan fingerprint density at radius 1 is 1.15 bits per heavy atom. The van der Waals surface area contributed by atoms with Crippen molar-refractivity contribution in [3.8, 4) is 0 Å². The van der Waals surface area contributed by atoms with Crippen LogP contribution >= 0.6 is 11.3 Å². The van der Waals surface area contributed by atoms with Crippen molar-refractivity contribution >= 4 is 21.2 Å². The summed E-state index contributed by atoms with van der Waals surface area (Å²) in [6, 6.07) is 1.67. The van der Waals surface area contributed by atoms with Crippen LogP contribution < -0.4 is 0 Å². The molecule has 1 aliphatic rings. The van der Waals surface area contributed by atoms with Crippen LogP contribution in [0, 0.1) is 0 Å². The van der Waals surface area contributed by atoms with E-state index in [0.29, 0.717) is 18.9 Å². The van der Waals surface area contributed by atoms with Crippen molar-refractivity contribution in [1.82, 2.24) is 0 Å². The van der Waals surface area contributed by atoms with Gasteiger partial charge in [-0.15, -0.1) is 11.3 Å². The molecule has 2 rings (SSSR count). The third-order valence-electron chi connectivity index (χ3n) is 3.23. The first-order chi connectivity index (χ1) is 9.04. The van der Waals surface area contributed by atoms with E-state index in [1.165, 1.54) is 0 Å². The zero-order valence-electron chi connectivity index (χ0n) is 10.1. The predicted molar refractivity (Wildman–Crippen MR) is 64.5 cm³/mol. The molecule has 1 heterocycles. The first kappa shape index (κ1) is 15.7. The van der Waals surface area contributed by atoms with Gasteiger partial charge in [0.1, 0.15) is 0 Å². The minimum atomic E-state index is -5.68. The van der Waals surface area contributed by atoms with Gasteiger partial charge in [0.2, 0.25) is 0 Å². The fourth-order valence-corrected chi connectivity index (χ4v) is 5.12. The van der Waals surface area contributed by atoms with E-state index in [-0.39, 0.29) is 16.2 Å². The van der Waals surface area contributed by atoms with Crippen molar-refractivity contribution in [1.29, 1.82) is 0 Å². The van der Waals surface area contributed by atoms with Gasteiger partial charge in [-0.3, -0.25) is 0 Å². The van der Waals surface area contributed by atoms with Crippen LogP contribution in [0.4, 0.5) is 22.0 Å². The fourth-order valence-electron chi connectivity index (χ4n) is 1.81. The Balaban J connectivity index is 2.18. The highest BCUT2D eigenvalue weighted by molar-refractivity contribution is 7.91. The molecule has 2 nitrogen and oxygen atoms in total. The second-order valence-corrected chi connectivity index (χ2v) is 8.15. The molecule has 114 valence electrons. The normalized spacial score (nSPS) is 18.1. The summed E-state index contributed by atoms with van der Waals surface area (Å²) in [7, 11) is -3.46. The van der Waals surface area contributed by atoms with E-state index >= 15 is 0 Å². The van der Waals surface area contributed by atoms with Crippen molar-refractivity contribution in [2.24, 2.45) is 0 Å². The molecule has 0 amide bonds. The minimum absolute atomic E-state index is 0.0100. The standard InChI is InChI=1S/C11H11F5O2S2/c12-10(13,11(14,15)16)9-5-4-7(19-9)6-20(17,18)8-2-1-3-8/h4-5,8H,1-3,6H2. The molecule has 0 atom stereocenters. The van der Waals surface area contributed by atoms with Crippen LogP contribution in [0.1, 0.15) is 29.0 Å². The summed E-state index contributed by atoms with van der Waals surface area (Å²) >= 11 is 0.196. The van der Waals surface area contributed by atoms with E-state index in [9.17, 15) is 30.4 Å². The molecule has 1 aromatic rings. The van der Waals surface area contributed by atoms with E-state index in [1.54, 1.807) is 0 Å². The summed E-state index contributed by atoms with van der Waals surface area (Å²) in [5.41, 5.74) is 0. The summed E-state index contributed by atoms with van der Waals surface area (Å²) < 4.78 is 86.4. The van der Waals surface area contributed by atoms with Crippen LogP contribution in [0.5, 0.6) is 0 Å². The molecule has 0 N–H and O–H groups in total. The van der Waals surface area contributed by atoms with Gasteiger partial charge in [-0.25, -0.2) is 8.42 Å². The predicted octanol–water partition coefficient (Wildman–Crippen LogP) is 3.87. The number of hydrogen-bond donors (Lipinski definition) is 0. The second-order valence-electron chi connectivity index (χ2n) is 4.70. The zero-order valence-corrected chi connectivity index (χ0v) is 11.7. The Labute approximate surface area is 116 Å². The average Bonchev–Trinajstić information content (AvgIpc) is 2.59. The number of thiophene rings is 1. The van der Waals surface area contributed by atoms with Crippen LogP contribution in [0.15, 0.2) is 12.1 Å². The lowest BCUT2D eigenvalue weighted by Crippen LogP contribution is -2.32. The lowest BCUT2D eigenvalue weighted by Gasteiger charge is -2.24. The van der Waals surface area contributed by atoms with Crippen LogP contribution in [-0.2, 0) is 21.5 Å². The van der Waals surface area contributed by atoms with E-state index in [1.807, 2.05) is 0 Å². The highest BCUT2D eigenvalue weighted by Crippen LogP contribution is 2.46. The Bertz CT molecular complexity index is 584. The molecule has 0 aromatic carbocycles. The van der Waals surface area contributed by atoms with Crippen molar-refractivity contribution in [2.75, 3.05) is 0 Å². The summed E-state index contributed by atoms with van der Waals surface area (Å²) in [6.45, 7) is 0. The molecule has 1 fully saturated rings. The second kappa shape index (κ2) is 4.94. The summed E-state index contributed by atoms with van der Waals surface area (Å²) in [5, 5.41) is -0.490. The van der Waals surface area contributed by atoms with Gasteiger partial charge in [0, 0.05) is 4.88 Å². The number of rotatable bonds is 4. The third kappa shape index (κ3) is 2.83. The molecule has 0 radical (unpaired) electrons. The maximum atomic E-state index is 13.1. The van der Waals surface area contributed by atoms with Crippen molar-refractivity contribution in [3.63, 3.8) is 0 Å². The van der Waals surface area contributed by atoms with Crippen LogP contribution in [0.2, 0.25) is 0 Å². The molecule has 0 aliphatic heterocycles. The largest absolute Gasteiger partial charge is 0.458 e. The van der Waals surface area contributed by atoms with Gasteiger partial charge in [0.15, 0.2) is 9.84 Å². The molecule has 1 aliphatic carbocycles. The lowest BCUT2D eigenvalue weighted by atomic mass is 10.0. The summed E-state index contributed by atoms with van der Waals surface area (Å²) in [6.07, 6.45) is -3.83. The molecule has 0 bridgehead atoms. The highest BCUT2D eigenvalue weighted by atomic mass is 32.2. The van der Waals surface area contributed by atoms with Gasteiger partial charge in [-0.2, -0.15) is 22.0 Å². The first-order valence-electron chi connectivity index (χ1n) is 5.79. The average molecular weight is 334 g/mol. The quantitative estimate of drug-likeness (QED) is 0.784. The third-order valence-corrected chi connectivity index (χ3v) is 6.77. The van der Waals surface area contributed by atoms with E-state index in [2.05, 4.69) is 0 Å². The molecule has 0 saturated heterocycles. The maximum absolute atomic E-state index is 13.1. The monoisotopic (exact) mass is 334 g/mol. The zero-order chi connectivity index (χ0) is 15.2. The van der Waals surface area contributed by atoms with Gasteiger partial charge < -0.3 is 0 Å². The fraction of sp³-hybridized carbons (Fsp3) is 0.636. The van der Waals surface area contributed by atoms with E-state index in [0.717, 1.165) is 12.5 Å². The van der Waals surface area contributed by atoms with Gasteiger partial charge in [-0.05, 0) is 25.0 Å². The first-order valence-corrected chi connectivity index (χ1v) is 8.32. The Morgan fingerprint density at radius 2 is 1.75 bits per heavy atom. The topological polar surface area (TPSA) is 34.1 Å². The van der Waals surface area contributed by atoms with Gasteiger partial charge >= 0.3 is 12.1 Å². The van der Waals surface area contributed by atoms with E-state index < -0.39 is 37.8 Å². The summed E-state index contributed by atoms with van der Waals surface area (Å²) in [4.78, 5) is -1.17. The van der Waals surface area contributed by atoms with Crippen molar-refractivity contribution in [3.05, 3.63) is 21.9 Å². The molecule has 1 saturated carbocycles. The van der Waals surface area contributed by atoms with Crippen molar-refractivity contribution < 1.29 is 30.4 Å². The molecule has 9 heteroatoms. The lowest BCUT2D eigenvalue weighted by molar-refractivity contribution is -0.287. The molecular weight excluding hydrogens is 323 g/mol. The van der Waals surface area contributed by atoms with Crippen molar-refractivity contribution in [2.45, 2.75) is 42.4 Å². The number of halogens is 5. The molecular formula is C11H11F5O2S2. The van der Waals surface area contributed by atoms with Gasteiger partial charge in [0.05, 0.1) is 15.9 Å². The van der Waals surface area contributed by atoms with Crippen LogP contribution in [0.25, 0.3) is 0 Å². The number of hydrogen-bond acceptors (Lipinski definition) is 3.